The van der Waals surface area contributed by atoms with Crippen LogP contribution in [-0.4, -0.2) is 11.1 Å². The Hall–Kier alpha value is -8.11. The monoisotopic (exact) mass is 986 g/mol. The third-order valence-corrected chi connectivity index (χ3v) is 18.3. The summed E-state index contributed by atoms with van der Waals surface area (Å²) in [5.74, 6) is 0.684. The number of fused-ring (bicyclic) bond motifs is 8. The molecule has 6 heteroatoms. The van der Waals surface area contributed by atoms with Crippen LogP contribution in [0.2, 0.25) is 0 Å². The number of hydrogen-bond acceptors (Lipinski definition) is 3. The summed E-state index contributed by atoms with van der Waals surface area (Å²) in [6, 6.07) is 75.5. The molecule has 0 aliphatic carbocycles. The summed E-state index contributed by atoms with van der Waals surface area (Å²) in [5.41, 5.74) is 14.4. The lowest BCUT2D eigenvalue weighted by Crippen LogP contribution is -2.60. The molecule has 0 fully saturated rings. The molecule has 0 saturated carbocycles. The molecule has 1 aliphatic heterocycles. The molecule has 0 unspecified atom stereocenters. The van der Waals surface area contributed by atoms with Crippen molar-refractivity contribution < 1.29 is 0 Å². The third kappa shape index (κ3) is 7.46. The Balaban J connectivity index is 1.19. The van der Waals surface area contributed by atoms with Crippen LogP contribution in [0.4, 0.5) is 17.1 Å². The summed E-state index contributed by atoms with van der Waals surface area (Å²) in [4.78, 5) is 34.6. The van der Waals surface area contributed by atoms with E-state index in [0.29, 0.717) is 33.0 Å². The van der Waals surface area contributed by atoms with E-state index in [4.69, 9.17) is 0 Å². The second-order valence-electron chi connectivity index (χ2n) is 21.3. The van der Waals surface area contributed by atoms with Crippen LogP contribution >= 0.6 is 7.92 Å². The van der Waals surface area contributed by atoms with Crippen molar-refractivity contribution in [2.45, 2.75) is 59.3 Å². The van der Waals surface area contributed by atoms with E-state index in [1.54, 1.807) is 0 Å². The fraction of sp³-hybridized carbons (Fsp3) is 0.130. The van der Waals surface area contributed by atoms with Crippen molar-refractivity contribution in [3.8, 4) is 11.1 Å². The molecule has 2 aromatic heterocycles. The van der Waals surface area contributed by atoms with Gasteiger partial charge in [0, 0.05) is 38.6 Å². The Morgan fingerprint density at radius 2 is 1.04 bits per heavy atom. The number of hydrogen-bond donors (Lipinski definition) is 0. The smallest absolute Gasteiger partial charge is 0.248 e. The maximum absolute atomic E-state index is 16.8. The van der Waals surface area contributed by atoms with Crippen LogP contribution in [0.3, 0.4) is 0 Å². The fourth-order valence-corrected chi connectivity index (χ4v) is 14.7. The van der Waals surface area contributed by atoms with Crippen molar-refractivity contribution in [2.75, 3.05) is 4.90 Å². The average Bonchev–Trinajstić information content (AvgIpc) is 3.47. The first kappa shape index (κ1) is 46.7. The molecule has 0 amide bonds. The zero-order chi connectivity index (χ0) is 51.2. The lowest BCUT2D eigenvalue weighted by atomic mass is 9.32. The molecule has 12 aromatic rings. The number of anilines is 3. The van der Waals surface area contributed by atoms with E-state index in [2.05, 4.69) is 239 Å². The van der Waals surface area contributed by atoms with E-state index in [1.807, 2.05) is 24.3 Å². The highest BCUT2D eigenvalue weighted by Crippen LogP contribution is 2.42. The van der Waals surface area contributed by atoms with Gasteiger partial charge in [-0.1, -0.05) is 211 Å². The molecule has 4 nitrogen and oxygen atoms in total. The minimum atomic E-state index is -1.04. The first-order chi connectivity index (χ1) is 36.6. The SMILES string of the molecule is CC(C)c1cc(C(C)C)c(B2c3ccccc3N(c3ccc(-c4cccc5ccccc45)cc3)c3cc4c(=O)c5ccccc5n5c6ccc(P(c7ccccc7)c7ccccc7)cc6c(=O)c(c32)c45)c(C(C)C)c1. The van der Waals surface area contributed by atoms with Gasteiger partial charge in [-0.25, -0.2) is 0 Å². The lowest BCUT2D eigenvalue weighted by molar-refractivity contribution is 0.812. The van der Waals surface area contributed by atoms with E-state index in [-0.39, 0.29) is 29.4 Å². The first-order valence-electron chi connectivity index (χ1n) is 26.5. The number of para-hydroxylation sites is 2. The van der Waals surface area contributed by atoms with Gasteiger partial charge in [0.25, 0.3) is 0 Å². The van der Waals surface area contributed by atoms with Crippen LogP contribution in [-0.2, 0) is 0 Å². The van der Waals surface area contributed by atoms with Gasteiger partial charge in [-0.05, 0) is 140 Å². The van der Waals surface area contributed by atoms with Gasteiger partial charge in [-0.2, -0.15) is 0 Å². The van der Waals surface area contributed by atoms with Gasteiger partial charge in [0.05, 0.1) is 16.6 Å². The second kappa shape index (κ2) is 18.4. The number of aromatic nitrogens is 1. The van der Waals surface area contributed by atoms with Crippen LogP contribution in [0.15, 0.2) is 222 Å². The second-order valence-corrected chi connectivity index (χ2v) is 23.5. The highest BCUT2D eigenvalue weighted by atomic mass is 31.1. The lowest BCUT2D eigenvalue weighted by Gasteiger charge is -2.39. The van der Waals surface area contributed by atoms with Crippen molar-refractivity contribution in [1.82, 2.24) is 4.40 Å². The van der Waals surface area contributed by atoms with E-state index in [0.717, 1.165) is 49.9 Å². The molecule has 0 saturated heterocycles. The topological polar surface area (TPSA) is 41.8 Å². The van der Waals surface area contributed by atoms with Crippen molar-refractivity contribution in [3.63, 3.8) is 0 Å². The van der Waals surface area contributed by atoms with E-state index in [1.165, 1.54) is 49.1 Å². The van der Waals surface area contributed by atoms with E-state index < -0.39 is 7.92 Å². The van der Waals surface area contributed by atoms with E-state index in [9.17, 15) is 0 Å². The summed E-state index contributed by atoms with van der Waals surface area (Å²) < 4.78 is 2.24. The minimum absolute atomic E-state index is 0.0638. The molecule has 75 heavy (non-hydrogen) atoms. The molecule has 0 bridgehead atoms. The summed E-state index contributed by atoms with van der Waals surface area (Å²) in [5, 5.41) is 8.27. The summed E-state index contributed by atoms with van der Waals surface area (Å²) in [6.45, 7) is 13.4. The van der Waals surface area contributed by atoms with Crippen LogP contribution in [0, 0.1) is 0 Å². The molecule has 0 atom stereocenters. The van der Waals surface area contributed by atoms with Gasteiger partial charge < -0.3 is 9.30 Å². The van der Waals surface area contributed by atoms with Crippen LogP contribution in [0.5, 0.6) is 0 Å². The Morgan fingerprint density at radius 1 is 0.440 bits per heavy atom. The quantitative estimate of drug-likeness (QED) is 0.0626. The van der Waals surface area contributed by atoms with Crippen LogP contribution < -0.4 is 48.1 Å². The highest BCUT2D eigenvalue weighted by Gasteiger charge is 2.41. The van der Waals surface area contributed by atoms with E-state index >= 15 is 9.59 Å². The summed E-state index contributed by atoms with van der Waals surface area (Å²) in [6.07, 6.45) is 0. The number of nitrogens with zero attached hydrogens (tertiary/aromatic N) is 2. The van der Waals surface area contributed by atoms with Crippen molar-refractivity contribution in [1.29, 1.82) is 0 Å². The van der Waals surface area contributed by atoms with Gasteiger partial charge in [-0.3, -0.25) is 9.59 Å². The predicted octanol–water partition coefficient (Wildman–Crippen LogP) is 13.8. The minimum Gasteiger partial charge on any atom is -0.311 e. The predicted molar refractivity (Wildman–Crippen MR) is 323 cm³/mol. The van der Waals surface area contributed by atoms with Gasteiger partial charge in [0.2, 0.25) is 6.71 Å². The maximum atomic E-state index is 16.8. The molecule has 3 heterocycles. The standard InChI is InChI=1S/C69H56BN2O2P/c1-42(2)47-38-55(43(3)4)65(56(39-47)44(5)6)70-59-29-16-18-31-62(59)71(48-34-32-46(33-35-48)53-28-19-21-45-20-13-14-26-52(45)53)63-41-58-67-64(66(63)70)69(74)57-40-51(75(49-22-9-7-10-23-49)50-24-11-8-12-25-50)36-37-61(57)72(67)60-30-17-15-27-54(60)68(58)73/h7-44H,1-6H3. The van der Waals surface area contributed by atoms with Gasteiger partial charge in [-0.15, -0.1) is 0 Å². The van der Waals surface area contributed by atoms with Gasteiger partial charge >= 0.3 is 0 Å². The molecule has 0 radical (unpaired) electrons. The molecular formula is C69H56BN2O2P. The van der Waals surface area contributed by atoms with Gasteiger partial charge in [0.1, 0.15) is 0 Å². The maximum Gasteiger partial charge on any atom is 0.248 e. The Kier molecular flexibility index (Phi) is 11.4. The molecule has 0 N–H and O–H groups in total. The molecule has 0 spiro atoms. The third-order valence-electron chi connectivity index (χ3n) is 15.9. The zero-order valence-electron chi connectivity index (χ0n) is 43.2. The zero-order valence-corrected chi connectivity index (χ0v) is 44.1. The molecule has 10 aromatic carbocycles. The molecule has 1 aliphatic rings. The molecule has 362 valence electrons. The van der Waals surface area contributed by atoms with Crippen molar-refractivity contribution in [2.24, 2.45) is 0 Å². The highest BCUT2D eigenvalue weighted by molar-refractivity contribution is 7.79. The number of rotatable bonds is 9. The van der Waals surface area contributed by atoms with Crippen molar-refractivity contribution >= 4 is 113 Å². The largest absolute Gasteiger partial charge is 0.311 e. The summed E-state index contributed by atoms with van der Waals surface area (Å²) in [7, 11) is -1.04. The first-order valence-corrected chi connectivity index (χ1v) is 27.8. The van der Waals surface area contributed by atoms with Gasteiger partial charge in [0.15, 0.2) is 10.9 Å². The summed E-state index contributed by atoms with van der Waals surface area (Å²) >= 11 is 0. The molecule has 13 rings (SSSR count). The van der Waals surface area contributed by atoms with Crippen LogP contribution in [0.1, 0.15) is 76.0 Å². The Labute approximate surface area is 439 Å². The normalized spacial score (nSPS) is 12.7. The average molecular weight is 987 g/mol. The Bertz CT molecular complexity index is 4270. The molecular weight excluding hydrogens is 931 g/mol. The number of benzene rings is 10. The van der Waals surface area contributed by atoms with Crippen molar-refractivity contribution in [3.05, 3.63) is 249 Å². The Morgan fingerprint density at radius 3 is 1.72 bits per heavy atom. The fourth-order valence-electron chi connectivity index (χ4n) is 12.3. The van der Waals surface area contributed by atoms with Crippen LogP contribution in [0.25, 0.3) is 60.0 Å². The number of pyridine rings is 2.